The zero-order valence-corrected chi connectivity index (χ0v) is 10.8. The van der Waals surface area contributed by atoms with Crippen molar-refractivity contribution in [1.82, 2.24) is 0 Å². The number of quaternary nitrogens is 1. The molecule has 0 aromatic carbocycles. The molecule has 0 atom stereocenters. The molecule has 0 amide bonds. The van der Waals surface area contributed by atoms with Crippen LogP contribution in [-0.2, 0) is 0 Å². The predicted molar refractivity (Wildman–Crippen MR) is 51.6 cm³/mol. The largest absolute Gasteiger partial charge is 1.00 e. The van der Waals surface area contributed by atoms with Gasteiger partial charge in [-0.1, -0.05) is 19.4 Å². The van der Waals surface area contributed by atoms with E-state index in [-0.39, 0.29) is 24.0 Å². The molecule has 1 nitrogen and oxygen atoms in total. The molecule has 0 spiro atoms. The van der Waals surface area contributed by atoms with E-state index in [1.54, 1.807) is 0 Å². The van der Waals surface area contributed by atoms with Gasteiger partial charge in [0, 0.05) is 6.42 Å². The minimum absolute atomic E-state index is 0. The minimum atomic E-state index is 0. The van der Waals surface area contributed by atoms with Gasteiger partial charge < -0.3 is 28.5 Å². The van der Waals surface area contributed by atoms with Gasteiger partial charge in [-0.15, -0.1) is 6.58 Å². The number of unbranched alkanes of at least 4 members (excludes halogenated alkanes) is 1. The van der Waals surface area contributed by atoms with Crippen molar-refractivity contribution in [2.45, 2.75) is 26.2 Å². The molecular weight excluding hydrogens is 261 g/mol. The molecule has 0 aliphatic rings. The van der Waals surface area contributed by atoms with E-state index in [1.165, 1.54) is 25.9 Å². The van der Waals surface area contributed by atoms with Crippen LogP contribution >= 0.6 is 0 Å². The van der Waals surface area contributed by atoms with Crippen LogP contribution in [0.4, 0.5) is 0 Å². The first kappa shape index (κ1) is 14.9. The maximum absolute atomic E-state index is 3.73. The quantitative estimate of drug-likeness (QED) is 0.348. The summed E-state index contributed by atoms with van der Waals surface area (Å²) < 4.78 is 1.14. The summed E-state index contributed by atoms with van der Waals surface area (Å²) in [5.74, 6) is 0. The van der Waals surface area contributed by atoms with E-state index in [4.69, 9.17) is 0 Å². The molecule has 0 saturated carbocycles. The fourth-order valence-corrected chi connectivity index (χ4v) is 1.14. The highest BCUT2D eigenvalue weighted by Gasteiger charge is 2.11. The van der Waals surface area contributed by atoms with Crippen molar-refractivity contribution < 1.29 is 28.5 Å². The molecule has 0 radical (unpaired) electrons. The van der Waals surface area contributed by atoms with Gasteiger partial charge in [0.1, 0.15) is 0 Å². The number of rotatable bonds is 6. The van der Waals surface area contributed by atoms with Crippen LogP contribution in [0.3, 0.4) is 0 Å². The van der Waals surface area contributed by atoms with Gasteiger partial charge >= 0.3 is 0 Å². The molecule has 0 aliphatic carbocycles. The third kappa shape index (κ3) is 8.53. The maximum Gasteiger partial charge on any atom is 0.0817 e. The summed E-state index contributed by atoms with van der Waals surface area (Å²) in [6.45, 7) is 8.50. The van der Waals surface area contributed by atoms with Crippen molar-refractivity contribution in [3.05, 3.63) is 12.7 Å². The van der Waals surface area contributed by atoms with Crippen LogP contribution in [-0.4, -0.2) is 31.7 Å². The summed E-state index contributed by atoms with van der Waals surface area (Å²) in [5.41, 5.74) is 0. The zero-order valence-electron chi connectivity index (χ0n) is 8.65. The van der Waals surface area contributed by atoms with E-state index >= 15 is 0 Å². The summed E-state index contributed by atoms with van der Waals surface area (Å²) in [7, 11) is 4.58. The molecule has 12 heavy (non-hydrogen) atoms. The van der Waals surface area contributed by atoms with Crippen LogP contribution in [0.5, 0.6) is 0 Å². The second-order valence-corrected chi connectivity index (χ2v) is 3.81. The van der Waals surface area contributed by atoms with Crippen LogP contribution in [0.15, 0.2) is 12.7 Å². The summed E-state index contributed by atoms with van der Waals surface area (Å²) in [6, 6.07) is 0. The van der Waals surface area contributed by atoms with Crippen LogP contribution < -0.4 is 24.0 Å². The first-order chi connectivity index (χ1) is 5.12. The zero-order chi connectivity index (χ0) is 8.74. The van der Waals surface area contributed by atoms with Gasteiger partial charge in [0.05, 0.1) is 27.2 Å². The Hall–Kier alpha value is 0.430. The average molecular weight is 283 g/mol. The fourth-order valence-electron chi connectivity index (χ4n) is 1.14. The monoisotopic (exact) mass is 283 g/mol. The summed E-state index contributed by atoms with van der Waals surface area (Å²) in [6.07, 6.45) is 5.78. The van der Waals surface area contributed by atoms with Gasteiger partial charge in [-0.05, 0) is 6.42 Å². The molecule has 2 heteroatoms. The molecule has 0 fully saturated rings. The van der Waals surface area contributed by atoms with Gasteiger partial charge in [-0.25, -0.2) is 0 Å². The predicted octanol–water partition coefficient (Wildman–Crippen LogP) is -0.557. The van der Waals surface area contributed by atoms with Crippen molar-refractivity contribution in [2.75, 3.05) is 27.2 Å². The number of nitrogens with zero attached hydrogens (tertiary/aromatic N) is 1. The van der Waals surface area contributed by atoms with Crippen molar-refractivity contribution in [1.29, 1.82) is 0 Å². The first-order valence-electron chi connectivity index (χ1n) is 4.55. The van der Waals surface area contributed by atoms with E-state index in [0.717, 1.165) is 10.9 Å². The van der Waals surface area contributed by atoms with Crippen molar-refractivity contribution in [3.63, 3.8) is 0 Å². The highest BCUT2D eigenvalue weighted by atomic mass is 127. The normalized spacial score (nSPS) is 10.6. The highest BCUT2D eigenvalue weighted by Crippen LogP contribution is 2.02. The molecule has 0 unspecified atom stereocenters. The first-order valence-corrected chi connectivity index (χ1v) is 4.55. The van der Waals surface area contributed by atoms with Gasteiger partial charge in [-0.3, -0.25) is 0 Å². The van der Waals surface area contributed by atoms with E-state index in [2.05, 4.69) is 27.6 Å². The van der Waals surface area contributed by atoms with Gasteiger partial charge in [0.2, 0.25) is 0 Å². The lowest BCUT2D eigenvalue weighted by molar-refractivity contribution is -0.890. The lowest BCUT2D eigenvalue weighted by Gasteiger charge is -2.29. The fraction of sp³-hybridized carbons (Fsp3) is 0.800. The Bertz CT molecular complexity index is 110. The molecule has 0 N–H and O–H groups in total. The van der Waals surface area contributed by atoms with Gasteiger partial charge in [0.25, 0.3) is 0 Å². The summed E-state index contributed by atoms with van der Waals surface area (Å²) in [4.78, 5) is 0. The van der Waals surface area contributed by atoms with Crippen molar-refractivity contribution >= 4 is 0 Å². The van der Waals surface area contributed by atoms with Crippen molar-refractivity contribution in [2.24, 2.45) is 0 Å². The lowest BCUT2D eigenvalue weighted by Crippen LogP contribution is -3.00. The standard InChI is InChI=1S/C10H22N.HI/c1-5-7-9-11(3,4)10-8-6-2;/h5H,1,6-10H2,2-4H3;1H/q+1;/p-1. The molecular formula is C10H22IN. The SMILES string of the molecule is C=CCC[N+](C)(C)CCCC.[I-]. The molecule has 0 aromatic heterocycles. The van der Waals surface area contributed by atoms with E-state index < -0.39 is 0 Å². The molecule has 0 aromatic rings. The second kappa shape index (κ2) is 8.05. The van der Waals surface area contributed by atoms with Crippen molar-refractivity contribution in [3.8, 4) is 0 Å². The Kier molecular flexibility index (Phi) is 10.0. The average Bonchev–Trinajstić information content (AvgIpc) is 1.97. The van der Waals surface area contributed by atoms with E-state index in [0.29, 0.717) is 0 Å². The van der Waals surface area contributed by atoms with Crippen LogP contribution in [0.1, 0.15) is 26.2 Å². The Balaban J connectivity index is 0. The van der Waals surface area contributed by atoms with Crippen LogP contribution in [0, 0.1) is 0 Å². The molecule has 0 aliphatic heterocycles. The van der Waals surface area contributed by atoms with Crippen LogP contribution in [0.2, 0.25) is 0 Å². The van der Waals surface area contributed by atoms with E-state index in [1.807, 2.05) is 6.08 Å². The summed E-state index contributed by atoms with van der Waals surface area (Å²) >= 11 is 0. The Morgan fingerprint density at radius 2 is 1.83 bits per heavy atom. The molecule has 74 valence electrons. The third-order valence-electron chi connectivity index (χ3n) is 2.06. The lowest BCUT2D eigenvalue weighted by atomic mass is 10.2. The van der Waals surface area contributed by atoms with Gasteiger partial charge in [0.15, 0.2) is 0 Å². The highest BCUT2D eigenvalue weighted by molar-refractivity contribution is 4.64. The van der Waals surface area contributed by atoms with E-state index in [9.17, 15) is 0 Å². The minimum Gasteiger partial charge on any atom is -1.00 e. The Morgan fingerprint density at radius 3 is 2.25 bits per heavy atom. The van der Waals surface area contributed by atoms with Crippen LogP contribution in [0.25, 0.3) is 0 Å². The Labute approximate surface area is 94.4 Å². The topological polar surface area (TPSA) is 0 Å². The molecule has 0 rings (SSSR count). The maximum atomic E-state index is 3.73. The number of hydrogen-bond acceptors (Lipinski definition) is 0. The van der Waals surface area contributed by atoms with Gasteiger partial charge in [-0.2, -0.15) is 0 Å². The molecule has 0 heterocycles. The smallest absolute Gasteiger partial charge is 0.0817 e. The molecule has 0 bridgehead atoms. The summed E-state index contributed by atoms with van der Waals surface area (Å²) in [5, 5.41) is 0. The molecule has 0 saturated heterocycles. The number of hydrogen-bond donors (Lipinski definition) is 0. The third-order valence-corrected chi connectivity index (χ3v) is 2.06. The second-order valence-electron chi connectivity index (χ2n) is 3.81. The number of halogens is 1. The Morgan fingerprint density at radius 1 is 1.25 bits per heavy atom.